The molecular formula is C15H13F2N3O. The zero-order valence-corrected chi connectivity index (χ0v) is 11.3. The molecule has 2 N–H and O–H groups in total. The summed E-state index contributed by atoms with van der Waals surface area (Å²) in [7, 11) is 0. The summed E-state index contributed by atoms with van der Waals surface area (Å²) in [6, 6.07) is 8.61. The first-order chi connectivity index (χ1) is 10.1. The third kappa shape index (κ3) is 2.18. The molecule has 108 valence electrons. The van der Waals surface area contributed by atoms with Crippen LogP contribution in [0.1, 0.15) is 6.92 Å². The fourth-order valence-corrected chi connectivity index (χ4v) is 2.28. The molecule has 0 bridgehead atoms. The van der Waals surface area contributed by atoms with Gasteiger partial charge in [0.05, 0.1) is 17.8 Å². The molecular weight excluding hydrogens is 276 g/mol. The van der Waals surface area contributed by atoms with Gasteiger partial charge < -0.3 is 10.5 Å². The first-order valence-corrected chi connectivity index (χ1v) is 6.47. The largest absolute Gasteiger partial charge is 0.492 e. The Balaban J connectivity index is 2.28. The predicted molar refractivity (Wildman–Crippen MR) is 76.6 cm³/mol. The third-order valence-electron chi connectivity index (χ3n) is 3.12. The number of imidazole rings is 1. The van der Waals surface area contributed by atoms with Crippen LogP contribution >= 0.6 is 0 Å². The van der Waals surface area contributed by atoms with Crippen LogP contribution in [0.15, 0.2) is 36.4 Å². The fraction of sp³-hybridized carbons (Fsp3) is 0.133. The van der Waals surface area contributed by atoms with Crippen molar-refractivity contribution in [2.75, 3.05) is 12.3 Å². The summed E-state index contributed by atoms with van der Waals surface area (Å²) < 4.78 is 34.0. The van der Waals surface area contributed by atoms with Crippen molar-refractivity contribution in [1.82, 2.24) is 9.55 Å². The van der Waals surface area contributed by atoms with Crippen molar-refractivity contribution in [1.29, 1.82) is 0 Å². The van der Waals surface area contributed by atoms with Gasteiger partial charge in [0, 0.05) is 6.07 Å². The van der Waals surface area contributed by atoms with Crippen LogP contribution in [0.2, 0.25) is 0 Å². The lowest BCUT2D eigenvalue weighted by atomic mass is 10.2. The molecule has 0 aliphatic carbocycles. The Morgan fingerprint density at radius 1 is 1.24 bits per heavy atom. The van der Waals surface area contributed by atoms with Crippen molar-refractivity contribution >= 4 is 17.0 Å². The number of ether oxygens (including phenoxy) is 1. The van der Waals surface area contributed by atoms with E-state index in [9.17, 15) is 8.78 Å². The van der Waals surface area contributed by atoms with Gasteiger partial charge in [-0.3, -0.25) is 4.57 Å². The number of nitrogens with two attached hydrogens (primary N) is 1. The summed E-state index contributed by atoms with van der Waals surface area (Å²) in [5, 5.41) is 0. The molecule has 6 heteroatoms. The molecule has 0 amide bonds. The van der Waals surface area contributed by atoms with Gasteiger partial charge in [-0.15, -0.1) is 0 Å². The minimum absolute atomic E-state index is 0.114. The molecule has 0 saturated carbocycles. The average molecular weight is 289 g/mol. The van der Waals surface area contributed by atoms with E-state index in [2.05, 4.69) is 4.98 Å². The molecule has 3 aromatic rings. The standard InChI is InChI=1S/C15H13F2N3O/c1-2-21-13-5-3-4-12-14(13)19-15(18)20(12)11-7-6-9(16)8-10(11)17/h3-8H,2H2,1H3,(H2,18,19). The van der Waals surface area contributed by atoms with E-state index in [0.29, 0.717) is 23.4 Å². The number of hydrogen-bond acceptors (Lipinski definition) is 3. The van der Waals surface area contributed by atoms with Crippen LogP contribution in [0.5, 0.6) is 5.75 Å². The Bertz CT molecular complexity index is 814. The molecule has 1 aromatic heterocycles. The summed E-state index contributed by atoms with van der Waals surface area (Å²) in [4.78, 5) is 4.23. The molecule has 0 spiro atoms. The number of anilines is 1. The van der Waals surface area contributed by atoms with Crippen LogP contribution in [0, 0.1) is 11.6 Å². The number of benzene rings is 2. The number of hydrogen-bond donors (Lipinski definition) is 1. The van der Waals surface area contributed by atoms with E-state index in [1.165, 1.54) is 16.7 Å². The van der Waals surface area contributed by atoms with Crippen LogP contribution < -0.4 is 10.5 Å². The topological polar surface area (TPSA) is 53.1 Å². The monoisotopic (exact) mass is 289 g/mol. The number of para-hydroxylation sites is 1. The van der Waals surface area contributed by atoms with Crippen molar-refractivity contribution in [2.45, 2.75) is 6.92 Å². The van der Waals surface area contributed by atoms with E-state index in [0.717, 1.165) is 6.07 Å². The average Bonchev–Trinajstić information content (AvgIpc) is 2.77. The Morgan fingerprint density at radius 2 is 2.05 bits per heavy atom. The number of nitrogen functional groups attached to an aromatic ring is 1. The molecule has 4 nitrogen and oxygen atoms in total. The second kappa shape index (κ2) is 5.05. The highest BCUT2D eigenvalue weighted by molar-refractivity contribution is 5.86. The fourth-order valence-electron chi connectivity index (χ4n) is 2.28. The van der Waals surface area contributed by atoms with Gasteiger partial charge >= 0.3 is 0 Å². The predicted octanol–water partition coefficient (Wildman–Crippen LogP) is 3.28. The summed E-state index contributed by atoms with van der Waals surface area (Å²) >= 11 is 0. The number of aromatic nitrogens is 2. The van der Waals surface area contributed by atoms with Crippen LogP contribution in [0.4, 0.5) is 14.7 Å². The van der Waals surface area contributed by atoms with Gasteiger partial charge in [0.1, 0.15) is 22.9 Å². The highest BCUT2D eigenvalue weighted by Gasteiger charge is 2.16. The lowest BCUT2D eigenvalue weighted by Gasteiger charge is -2.08. The van der Waals surface area contributed by atoms with Gasteiger partial charge in [0.15, 0.2) is 0 Å². The summed E-state index contributed by atoms with van der Waals surface area (Å²) in [5.41, 5.74) is 7.18. The Hall–Kier alpha value is -2.63. The molecule has 0 fully saturated rings. The van der Waals surface area contributed by atoms with Gasteiger partial charge in [-0.05, 0) is 31.2 Å². The minimum atomic E-state index is -0.706. The van der Waals surface area contributed by atoms with E-state index in [-0.39, 0.29) is 11.6 Å². The normalized spacial score (nSPS) is 11.0. The first-order valence-electron chi connectivity index (χ1n) is 6.47. The molecule has 21 heavy (non-hydrogen) atoms. The van der Waals surface area contributed by atoms with E-state index in [4.69, 9.17) is 10.5 Å². The molecule has 0 radical (unpaired) electrons. The number of rotatable bonds is 3. The van der Waals surface area contributed by atoms with Crippen molar-refractivity contribution in [3.8, 4) is 11.4 Å². The van der Waals surface area contributed by atoms with Gasteiger partial charge in [0.2, 0.25) is 5.95 Å². The summed E-state index contributed by atoms with van der Waals surface area (Å²) in [5.74, 6) is -0.664. The molecule has 2 aromatic carbocycles. The second-order valence-electron chi connectivity index (χ2n) is 4.46. The van der Waals surface area contributed by atoms with Crippen LogP contribution in [0.3, 0.4) is 0 Å². The molecule has 1 heterocycles. The van der Waals surface area contributed by atoms with Crippen molar-refractivity contribution in [3.05, 3.63) is 48.0 Å². The summed E-state index contributed by atoms with van der Waals surface area (Å²) in [6.45, 7) is 2.34. The molecule has 0 atom stereocenters. The SMILES string of the molecule is CCOc1cccc2c1nc(N)n2-c1ccc(F)cc1F. The van der Waals surface area contributed by atoms with Crippen molar-refractivity contribution < 1.29 is 13.5 Å². The molecule has 0 aliphatic heterocycles. The highest BCUT2D eigenvalue weighted by atomic mass is 19.1. The van der Waals surface area contributed by atoms with Crippen LogP contribution in [-0.4, -0.2) is 16.2 Å². The smallest absolute Gasteiger partial charge is 0.206 e. The first kappa shape index (κ1) is 13.4. The van der Waals surface area contributed by atoms with E-state index >= 15 is 0 Å². The van der Waals surface area contributed by atoms with E-state index < -0.39 is 11.6 Å². The van der Waals surface area contributed by atoms with Gasteiger partial charge in [-0.25, -0.2) is 13.8 Å². The maximum atomic E-state index is 14.0. The quantitative estimate of drug-likeness (QED) is 0.805. The summed E-state index contributed by atoms with van der Waals surface area (Å²) in [6.07, 6.45) is 0. The van der Waals surface area contributed by atoms with Crippen molar-refractivity contribution in [3.63, 3.8) is 0 Å². The second-order valence-corrected chi connectivity index (χ2v) is 4.46. The minimum Gasteiger partial charge on any atom is -0.492 e. The van der Waals surface area contributed by atoms with E-state index in [1.54, 1.807) is 18.2 Å². The zero-order valence-electron chi connectivity index (χ0n) is 11.3. The Kier molecular flexibility index (Phi) is 3.21. The third-order valence-corrected chi connectivity index (χ3v) is 3.12. The highest BCUT2D eigenvalue weighted by Crippen LogP contribution is 2.30. The maximum absolute atomic E-state index is 14.0. The van der Waals surface area contributed by atoms with Crippen LogP contribution in [0.25, 0.3) is 16.7 Å². The van der Waals surface area contributed by atoms with E-state index in [1.807, 2.05) is 6.92 Å². The van der Waals surface area contributed by atoms with Gasteiger partial charge in [-0.1, -0.05) is 6.07 Å². The van der Waals surface area contributed by atoms with Gasteiger partial charge in [0.25, 0.3) is 0 Å². The number of fused-ring (bicyclic) bond motifs is 1. The Labute approximate surface area is 119 Å². The van der Waals surface area contributed by atoms with Crippen LogP contribution in [-0.2, 0) is 0 Å². The molecule has 0 saturated heterocycles. The van der Waals surface area contributed by atoms with Crippen molar-refractivity contribution in [2.24, 2.45) is 0 Å². The molecule has 0 aliphatic rings. The van der Waals surface area contributed by atoms with Gasteiger partial charge in [-0.2, -0.15) is 0 Å². The zero-order chi connectivity index (χ0) is 15.0. The lowest BCUT2D eigenvalue weighted by molar-refractivity contribution is 0.344. The number of halogens is 2. The molecule has 3 rings (SSSR count). The maximum Gasteiger partial charge on any atom is 0.206 e. The number of nitrogens with zero attached hydrogens (tertiary/aromatic N) is 2. The molecule has 0 unspecified atom stereocenters. The Morgan fingerprint density at radius 3 is 2.76 bits per heavy atom. The lowest BCUT2D eigenvalue weighted by Crippen LogP contribution is -2.03.